The molecule has 28 heavy (non-hydrogen) atoms. The number of hydrogen-bond acceptors (Lipinski definition) is 4. The summed E-state index contributed by atoms with van der Waals surface area (Å²) in [5.41, 5.74) is -7.85. The molecule has 0 rings (SSSR count). The first-order valence-corrected chi connectivity index (χ1v) is 7.03. The molecule has 0 aliphatic heterocycles. The second-order valence-corrected chi connectivity index (χ2v) is 5.99. The number of carbonyl (C=O) groups is 2. The Morgan fingerprint density at radius 1 is 0.714 bits per heavy atom. The van der Waals surface area contributed by atoms with Crippen molar-refractivity contribution in [2.45, 2.75) is 28.9 Å². The molecule has 0 aromatic rings. The summed E-state index contributed by atoms with van der Waals surface area (Å²) in [5.74, 6) is -29.3. The van der Waals surface area contributed by atoms with Crippen molar-refractivity contribution in [2.75, 3.05) is 0 Å². The average Bonchev–Trinajstić information content (AvgIpc) is 2.48. The van der Waals surface area contributed by atoms with Crippen molar-refractivity contribution in [3.63, 3.8) is 0 Å². The van der Waals surface area contributed by atoms with Gasteiger partial charge in [-0.25, -0.2) is 4.39 Å². The normalized spacial score (nSPS) is 16.4. The SMILES string of the molecule is O=C(C(F)=C(F)F)C(F)(F)C(F)(C(=O)C(F)(F)C(F)(F)S(=O)(=O)O)C(F)(F)F. The van der Waals surface area contributed by atoms with Gasteiger partial charge in [0.15, 0.2) is 0 Å². The third-order valence-electron chi connectivity index (χ3n) is 2.76. The van der Waals surface area contributed by atoms with Gasteiger partial charge in [-0.05, 0) is 0 Å². The number of ketones is 2. The van der Waals surface area contributed by atoms with Gasteiger partial charge < -0.3 is 0 Å². The Labute approximate surface area is 143 Å². The zero-order valence-electron chi connectivity index (χ0n) is 11.9. The second-order valence-electron chi connectivity index (χ2n) is 4.53. The molecule has 1 unspecified atom stereocenters. The number of alkyl halides is 10. The summed E-state index contributed by atoms with van der Waals surface area (Å²) >= 11 is 0. The molecule has 0 amide bonds. The minimum absolute atomic E-state index is 4.14. The van der Waals surface area contributed by atoms with Gasteiger partial charge in [0.25, 0.3) is 11.6 Å². The van der Waals surface area contributed by atoms with E-state index in [1.165, 1.54) is 0 Å². The second kappa shape index (κ2) is 6.85. The maximum Gasteiger partial charge on any atom is 0.439 e. The molecule has 1 N–H and O–H groups in total. The molecule has 0 saturated heterocycles. The van der Waals surface area contributed by atoms with Gasteiger partial charge in [-0.2, -0.15) is 61.1 Å². The number of halogens is 13. The van der Waals surface area contributed by atoms with Crippen LogP contribution < -0.4 is 0 Å². The van der Waals surface area contributed by atoms with Gasteiger partial charge in [-0.1, -0.05) is 0 Å². The molecule has 0 aliphatic carbocycles. The monoisotopic (exact) mass is 468 g/mol. The number of hydrogen-bond donors (Lipinski definition) is 1. The van der Waals surface area contributed by atoms with Crippen LogP contribution in [0.4, 0.5) is 57.1 Å². The van der Waals surface area contributed by atoms with Crippen LogP contribution in [0.5, 0.6) is 0 Å². The van der Waals surface area contributed by atoms with E-state index in [9.17, 15) is 75.1 Å². The first kappa shape index (κ1) is 26.1. The molecule has 0 radical (unpaired) electrons. The topological polar surface area (TPSA) is 88.5 Å². The molecule has 164 valence electrons. The molecule has 0 bridgehead atoms. The van der Waals surface area contributed by atoms with Gasteiger partial charge in [-0.3, -0.25) is 14.1 Å². The number of carbonyl (C=O) groups excluding carboxylic acids is 2. The Kier molecular flexibility index (Phi) is 6.38. The van der Waals surface area contributed by atoms with Crippen LogP contribution in [-0.2, 0) is 19.7 Å². The highest BCUT2D eigenvalue weighted by atomic mass is 32.2. The number of rotatable bonds is 7. The minimum Gasteiger partial charge on any atom is -0.288 e. The van der Waals surface area contributed by atoms with E-state index in [2.05, 4.69) is 0 Å². The lowest BCUT2D eigenvalue weighted by Crippen LogP contribution is -2.70. The standard InChI is InChI=1S/C9HF13O5S/c10-1(3(11)12)2(23)6(14,15)5(13,8(18,19)20)4(24)7(16,17)9(21,22)28(25,26)27/h(H,25,26,27). The van der Waals surface area contributed by atoms with Gasteiger partial charge in [0.05, 0.1) is 0 Å². The minimum atomic E-state index is -7.85. The van der Waals surface area contributed by atoms with Gasteiger partial charge in [0.1, 0.15) is 0 Å². The maximum atomic E-state index is 13.8. The largest absolute Gasteiger partial charge is 0.439 e. The Morgan fingerprint density at radius 2 is 1.07 bits per heavy atom. The van der Waals surface area contributed by atoms with Gasteiger partial charge in [0.2, 0.25) is 5.83 Å². The molecular formula is C9HF13O5S. The molecule has 0 aliphatic rings. The first-order chi connectivity index (χ1) is 11.9. The molecule has 5 nitrogen and oxygen atoms in total. The fraction of sp³-hybridized carbons (Fsp3) is 0.556. The Morgan fingerprint density at radius 3 is 1.32 bits per heavy atom. The molecule has 0 fully saturated rings. The van der Waals surface area contributed by atoms with Crippen molar-refractivity contribution < 1.29 is 79.6 Å². The van der Waals surface area contributed by atoms with E-state index in [-0.39, 0.29) is 0 Å². The third-order valence-corrected chi connectivity index (χ3v) is 3.67. The summed E-state index contributed by atoms with van der Waals surface area (Å²) < 4.78 is 194. The van der Waals surface area contributed by atoms with E-state index in [0.29, 0.717) is 0 Å². The lowest BCUT2D eigenvalue weighted by Gasteiger charge is -2.35. The van der Waals surface area contributed by atoms with E-state index in [0.717, 1.165) is 0 Å². The van der Waals surface area contributed by atoms with Crippen LogP contribution >= 0.6 is 0 Å². The van der Waals surface area contributed by atoms with Crippen LogP contribution in [-0.4, -0.2) is 53.5 Å². The number of Topliss-reactive ketones (excluding diaryl/α,β-unsaturated/α-hetero) is 2. The molecule has 0 aromatic carbocycles. The van der Waals surface area contributed by atoms with Crippen molar-refractivity contribution in [1.29, 1.82) is 0 Å². The summed E-state index contributed by atoms with van der Waals surface area (Å²) in [7, 11) is -7.58. The summed E-state index contributed by atoms with van der Waals surface area (Å²) in [5, 5.41) is -7.38. The fourth-order valence-electron chi connectivity index (χ4n) is 1.34. The van der Waals surface area contributed by atoms with Crippen molar-refractivity contribution in [3.05, 3.63) is 11.9 Å². The van der Waals surface area contributed by atoms with Crippen LogP contribution in [0.15, 0.2) is 11.9 Å². The summed E-state index contributed by atoms with van der Waals surface area (Å²) in [6.45, 7) is 0. The predicted molar refractivity (Wildman–Crippen MR) is 56.6 cm³/mol. The first-order valence-electron chi connectivity index (χ1n) is 5.59. The third kappa shape index (κ3) is 3.55. The van der Waals surface area contributed by atoms with Gasteiger partial charge in [-0.15, -0.1) is 0 Å². The van der Waals surface area contributed by atoms with Gasteiger partial charge in [0, 0.05) is 0 Å². The van der Waals surface area contributed by atoms with Crippen molar-refractivity contribution in [3.8, 4) is 0 Å². The van der Waals surface area contributed by atoms with Crippen LogP contribution in [0.2, 0.25) is 0 Å². The molecule has 0 spiro atoms. The highest BCUT2D eigenvalue weighted by Gasteiger charge is 2.86. The Hall–Kier alpha value is -1.92. The summed E-state index contributed by atoms with van der Waals surface area (Å²) in [4.78, 5) is 21.5. The molecule has 0 aromatic heterocycles. The molecule has 0 heterocycles. The number of allylic oxidation sites excluding steroid dienone is 1. The van der Waals surface area contributed by atoms with E-state index in [1.54, 1.807) is 0 Å². The zero-order chi connectivity index (χ0) is 23.3. The maximum absolute atomic E-state index is 13.8. The molecule has 1 atom stereocenters. The van der Waals surface area contributed by atoms with Crippen LogP contribution in [0.3, 0.4) is 0 Å². The highest BCUT2D eigenvalue weighted by molar-refractivity contribution is 7.87. The molecule has 19 heteroatoms. The highest BCUT2D eigenvalue weighted by Crippen LogP contribution is 2.53. The molecule has 0 saturated carbocycles. The Bertz CT molecular complexity index is 807. The Balaban J connectivity index is 7.01. The van der Waals surface area contributed by atoms with Crippen LogP contribution in [0.1, 0.15) is 0 Å². The lowest BCUT2D eigenvalue weighted by molar-refractivity contribution is -0.292. The van der Waals surface area contributed by atoms with Crippen LogP contribution in [0, 0.1) is 0 Å². The van der Waals surface area contributed by atoms with Gasteiger partial charge >= 0.3 is 45.1 Å². The van der Waals surface area contributed by atoms with E-state index in [4.69, 9.17) is 4.55 Å². The van der Waals surface area contributed by atoms with Crippen LogP contribution in [0.25, 0.3) is 0 Å². The quantitative estimate of drug-likeness (QED) is 0.352. The summed E-state index contributed by atoms with van der Waals surface area (Å²) in [6, 6.07) is 0. The van der Waals surface area contributed by atoms with E-state index >= 15 is 0 Å². The van der Waals surface area contributed by atoms with E-state index < -0.39 is 62.5 Å². The smallest absolute Gasteiger partial charge is 0.288 e. The predicted octanol–water partition coefficient (Wildman–Crippen LogP) is 3.22. The van der Waals surface area contributed by atoms with Crippen molar-refractivity contribution in [2.24, 2.45) is 0 Å². The lowest BCUT2D eigenvalue weighted by atomic mass is 9.85. The molecular weight excluding hydrogens is 467 g/mol. The summed E-state index contributed by atoms with van der Waals surface area (Å²) in [6.07, 6.45) is -11.9. The van der Waals surface area contributed by atoms with Crippen molar-refractivity contribution >= 4 is 21.7 Å². The van der Waals surface area contributed by atoms with E-state index in [1.807, 2.05) is 0 Å². The zero-order valence-corrected chi connectivity index (χ0v) is 12.7. The average molecular weight is 468 g/mol. The van der Waals surface area contributed by atoms with Crippen molar-refractivity contribution in [1.82, 2.24) is 0 Å². The fourth-order valence-corrected chi connectivity index (χ4v) is 1.76.